The number of hydrogen-bond acceptors (Lipinski definition) is 8. The van der Waals surface area contributed by atoms with Crippen molar-refractivity contribution in [2.24, 2.45) is 0 Å². The number of carbonyl (C=O) groups excluding carboxylic acids is 2. The zero-order valence-corrected chi connectivity index (χ0v) is 20.7. The fraction of sp³-hybridized carbons (Fsp3) is 0.304. The number of nitrogens with zero attached hydrogens (tertiary/aromatic N) is 1. The quantitative estimate of drug-likeness (QED) is 0.397. The van der Waals surface area contributed by atoms with Gasteiger partial charge in [0.05, 0.1) is 26.2 Å². The fourth-order valence-corrected chi connectivity index (χ4v) is 4.04. The van der Waals surface area contributed by atoms with Crippen LogP contribution in [0.3, 0.4) is 0 Å². The van der Waals surface area contributed by atoms with Crippen LogP contribution in [0.1, 0.15) is 11.1 Å². The van der Waals surface area contributed by atoms with Crippen molar-refractivity contribution in [3.63, 3.8) is 0 Å². The summed E-state index contributed by atoms with van der Waals surface area (Å²) in [7, 11) is 3.60. The molecule has 34 heavy (non-hydrogen) atoms. The summed E-state index contributed by atoms with van der Waals surface area (Å²) in [4.78, 5) is 24.3. The highest BCUT2D eigenvalue weighted by Gasteiger charge is 2.20. The molecule has 0 saturated carbocycles. The third-order valence-electron chi connectivity index (χ3n) is 4.67. The molecule has 0 heterocycles. The molecule has 0 saturated heterocycles. The lowest BCUT2D eigenvalue weighted by atomic mass is 10.1. The first kappa shape index (κ1) is 26.7. The highest BCUT2D eigenvalue weighted by Crippen LogP contribution is 2.38. The smallest absolute Gasteiger partial charge is 0.331 e. The highest BCUT2D eigenvalue weighted by molar-refractivity contribution is 7.89. The third kappa shape index (κ3) is 6.49. The molecule has 2 aromatic carbocycles. The van der Waals surface area contributed by atoms with Crippen LogP contribution in [-0.4, -0.2) is 66.6 Å². The first-order valence-corrected chi connectivity index (χ1v) is 11.4. The van der Waals surface area contributed by atoms with Crippen molar-refractivity contribution in [1.82, 2.24) is 4.31 Å². The summed E-state index contributed by atoms with van der Waals surface area (Å²) in [6.07, 6.45) is 2.63. The monoisotopic (exact) mass is 492 g/mol. The minimum Gasteiger partial charge on any atom is -0.493 e. The molecular formula is C23H28N2O8S. The second-order valence-corrected chi connectivity index (χ2v) is 9.34. The molecule has 0 aliphatic rings. The van der Waals surface area contributed by atoms with E-state index in [4.69, 9.17) is 18.9 Å². The van der Waals surface area contributed by atoms with Crippen molar-refractivity contribution < 1.29 is 37.0 Å². The Morgan fingerprint density at radius 2 is 1.62 bits per heavy atom. The van der Waals surface area contributed by atoms with E-state index in [1.807, 2.05) is 0 Å². The Morgan fingerprint density at radius 1 is 1.00 bits per heavy atom. The van der Waals surface area contributed by atoms with Gasteiger partial charge in [0.2, 0.25) is 15.8 Å². The van der Waals surface area contributed by atoms with Gasteiger partial charge in [-0.2, -0.15) is 0 Å². The molecule has 2 aromatic rings. The van der Waals surface area contributed by atoms with Crippen molar-refractivity contribution in [2.45, 2.75) is 11.8 Å². The van der Waals surface area contributed by atoms with Gasteiger partial charge in [-0.05, 0) is 48.4 Å². The Morgan fingerprint density at radius 3 is 2.15 bits per heavy atom. The molecule has 0 bridgehead atoms. The number of esters is 1. The lowest BCUT2D eigenvalue weighted by molar-refractivity contribution is -0.142. The van der Waals surface area contributed by atoms with Crippen molar-refractivity contribution in [3.05, 3.63) is 47.5 Å². The van der Waals surface area contributed by atoms with Gasteiger partial charge in [0.25, 0.3) is 5.91 Å². The second kappa shape index (κ2) is 11.5. The Labute approximate surface area is 199 Å². The number of benzene rings is 2. The van der Waals surface area contributed by atoms with Gasteiger partial charge in [-0.3, -0.25) is 4.79 Å². The molecule has 0 atom stereocenters. The lowest BCUT2D eigenvalue weighted by Gasteiger charge is -2.15. The number of hydrogen-bond donors (Lipinski definition) is 1. The molecule has 10 nitrogen and oxygen atoms in total. The molecule has 0 aliphatic carbocycles. The van der Waals surface area contributed by atoms with Gasteiger partial charge in [0.1, 0.15) is 0 Å². The Hall–Kier alpha value is -3.57. The molecule has 0 spiro atoms. The summed E-state index contributed by atoms with van der Waals surface area (Å²) < 4.78 is 46.7. The number of amides is 1. The predicted molar refractivity (Wildman–Crippen MR) is 127 cm³/mol. The summed E-state index contributed by atoms with van der Waals surface area (Å²) in [6.45, 7) is 1.10. The van der Waals surface area contributed by atoms with Gasteiger partial charge < -0.3 is 24.3 Å². The number of methoxy groups -OCH3 is 3. The van der Waals surface area contributed by atoms with Crippen LogP contribution in [0, 0.1) is 6.92 Å². The minimum atomic E-state index is -3.68. The number of rotatable bonds is 10. The summed E-state index contributed by atoms with van der Waals surface area (Å²) >= 11 is 0. The first-order valence-electron chi connectivity index (χ1n) is 10.0. The van der Waals surface area contributed by atoms with E-state index in [1.54, 1.807) is 31.2 Å². The second-order valence-electron chi connectivity index (χ2n) is 7.22. The van der Waals surface area contributed by atoms with E-state index in [0.717, 1.165) is 10.4 Å². The highest BCUT2D eigenvalue weighted by atomic mass is 32.2. The van der Waals surface area contributed by atoms with Gasteiger partial charge in [0, 0.05) is 25.9 Å². The van der Waals surface area contributed by atoms with Gasteiger partial charge in [-0.1, -0.05) is 6.07 Å². The van der Waals surface area contributed by atoms with Crippen LogP contribution in [-0.2, 0) is 24.3 Å². The molecule has 2 rings (SSSR count). The Balaban J connectivity index is 2.03. The molecule has 11 heteroatoms. The topological polar surface area (TPSA) is 120 Å². The van der Waals surface area contributed by atoms with E-state index in [0.29, 0.717) is 28.4 Å². The fourth-order valence-electron chi connectivity index (χ4n) is 2.90. The maximum absolute atomic E-state index is 12.4. The Kier molecular flexibility index (Phi) is 9.04. The average molecular weight is 493 g/mol. The van der Waals surface area contributed by atoms with Crippen LogP contribution >= 0.6 is 0 Å². The van der Waals surface area contributed by atoms with Crippen LogP contribution in [0.25, 0.3) is 6.08 Å². The number of anilines is 1. The van der Waals surface area contributed by atoms with E-state index in [2.05, 4.69) is 5.32 Å². The van der Waals surface area contributed by atoms with Crippen LogP contribution in [0.4, 0.5) is 5.69 Å². The maximum Gasteiger partial charge on any atom is 0.331 e. The molecule has 1 amide bonds. The maximum atomic E-state index is 12.4. The van der Waals surface area contributed by atoms with E-state index in [9.17, 15) is 18.0 Å². The van der Waals surface area contributed by atoms with E-state index < -0.39 is 28.5 Å². The average Bonchev–Trinajstić information content (AvgIpc) is 2.81. The largest absolute Gasteiger partial charge is 0.493 e. The standard InChI is InChI=1S/C23H28N2O8S/c1-15-7-9-17(13-20(15)34(28,29)25(2)3)24-21(26)14-33-22(27)10-8-16-11-18(30-4)23(32-6)19(12-16)31-5/h7-13H,14H2,1-6H3,(H,24,26). The zero-order valence-electron chi connectivity index (χ0n) is 19.9. The number of ether oxygens (including phenoxy) is 4. The summed E-state index contributed by atoms with van der Waals surface area (Å²) in [5.74, 6) is -0.111. The zero-order chi connectivity index (χ0) is 25.5. The molecule has 184 valence electrons. The molecule has 0 aliphatic heterocycles. The minimum absolute atomic E-state index is 0.0700. The molecule has 0 aromatic heterocycles. The van der Waals surface area contributed by atoms with Gasteiger partial charge in [0.15, 0.2) is 18.1 Å². The normalized spacial score (nSPS) is 11.4. The van der Waals surface area contributed by atoms with Crippen molar-refractivity contribution in [3.8, 4) is 17.2 Å². The van der Waals surface area contributed by atoms with Crippen molar-refractivity contribution in [1.29, 1.82) is 0 Å². The number of aryl methyl sites for hydroxylation is 1. The Bertz CT molecular complexity index is 1160. The van der Waals surface area contributed by atoms with Crippen LogP contribution in [0.15, 0.2) is 41.3 Å². The SMILES string of the molecule is COc1cc(C=CC(=O)OCC(=O)Nc2ccc(C)c(S(=O)(=O)N(C)C)c2)cc(OC)c1OC. The summed E-state index contributed by atoms with van der Waals surface area (Å²) in [5.41, 5.74) is 1.39. The summed E-state index contributed by atoms with van der Waals surface area (Å²) in [5, 5.41) is 2.52. The third-order valence-corrected chi connectivity index (χ3v) is 6.63. The van der Waals surface area contributed by atoms with Gasteiger partial charge in [-0.15, -0.1) is 0 Å². The lowest BCUT2D eigenvalue weighted by Crippen LogP contribution is -2.24. The molecule has 0 unspecified atom stereocenters. The van der Waals surface area contributed by atoms with E-state index in [1.165, 1.54) is 47.6 Å². The van der Waals surface area contributed by atoms with Crippen LogP contribution in [0.5, 0.6) is 17.2 Å². The first-order chi connectivity index (χ1) is 16.0. The summed E-state index contributed by atoms with van der Waals surface area (Å²) in [6, 6.07) is 7.80. The van der Waals surface area contributed by atoms with Crippen LogP contribution in [0.2, 0.25) is 0 Å². The van der Waals surface area contributed by atoms with E-state index >= 15 is 0 Å². The van der Waals surface area contributed by atoms with Crippen molar-refractivity contribution in [2.75, 3.05) is 47.3 Å². The molecule has 1 N–H and O–H groups in total. The van der Waals surface area contributed by atoms with Gasteiger partial charge >= 0.3 is 5.97 Å². The van der Waals surface area contributed by atoms with Gasteiger partial charge in [-0.25, -0.2) is 17.5 Å². The number of carbonyl (C=O) groups is 2. The van der Waals surface area contributed by atoms with E-state index in [-0.39, 0.29) is 10.6 Å². The number of nitrogens with one attached hydrogen (secondary N) is 1. The molecule has 0 fully saturated rings. The van der Waals surface area contributed by atoms with Crippen molar-refractivity contribution >= 4 is 33.7 Å². The number of sulfonamides is 1. The molecular weight excluding hydrogens is 464 g/mol. The predicted octanol–water partition coefficient (Wildman–Crippen LogP) is 2.47. The molecule has 0 radical (unpaired) electrons. The van der Waals surface area contributed by atoms with Crippen LogP contribution < -0.4 is 19.5 Å².